The van der Waals surface area contributed by atoms with Crippen molar-refractivity contribution in [1.82, 2.24) is 31.2 Å². The summed E-state index contributed by atoms with van der Waals surface area (Å²) in [6.07, 6.45) is -12.0. The predicted octanol–water partition coefficient (Wildman–Crippen LogP) is 6.01. The minimum absolute atomic E-state index is 0.00709. The number of amides is 2. The quantitative estimate of drug-likeness (QED) is 0.118. The first-order chi connectivity index (χ1) is 27.1. The fraction of sp³-hybridized carbons (Fsp3) is 0.474. The molecule has 0 saturated carbocycles. The minimum Gasteiger partial charge on any atom is -0.344 e. The van der Waals surface area contributed by atoms with E-state index in [1.807, 2.05) is 13.8 Å². The van der Waals surface area contributed by atoms with Gasteiger partial charge in [0, 0.05) is 47.4 Å². The van der Waals surface area contributed by atoms with Gasteiger partial charge in [-0.3, -0.25) is 19.6 Å². The van der Waals surface area contributed by atoms with Crippen LogP contribution in [0, 0.1) is 11.8 Å². The Balaban J connectivity index is 0.000000221. The van der Waals surface area contributed by atoms with Gasteiger partial charge in [0.05, 0.1) is 22.1 Å². The molecule has 2 fully saturated rings. The Hall–Kier alpha value is -4.66. The van der Waals surface area contributed by atoms with Gasteiger partial charge in [0.15, 0.2) is 12.1 Å². The zero-order valence-corrected chi connectivity index (χ0v) is 31.1. The van der Waals surface area contributed by atoms with Gasteiger partial charge in [-0.25, -0.2) is 17.6 Å². The minimum atomic E-state index is -4.90. The number of nitrogens with zero attached hydrogens (tertiary/aromatic N) is 2. The molecule has 10 nitrogen and oxygen atoms in total. The zero-order valence-electron chi connectivity index (χ0n) is 31.1. The number of benzene rings is 2. The average molecular weight is 833 g/mol. The number of hydrogen-bond donors (Lipinski definition) is 6. The van der Waals surface area contributed by atoms with E-state index in [2.05, 4.69) is 31.2 Å². The molecule has 2 amide bonds. The molecule has 2 saturated heterocycles. The van der Waals surface area contributed by atoms with Crippen LogP contribution in [-0.2, 0) is 20.7 Å². The maximum atomic E-state index is 13.4. The summed E-state index contributed by atoms with van der Waals surface area (Å²) in [7, 11) is 0. The fourth-order valence-corrected chi connectivity index (χ4v) is 7.78. The number of aromatic nitrogens is 2. The zero-order chi connectivity index (χ0) is 42.8. The van der Waals surface area contributed by atoms with E-state index in [9.17, 15) is 53.5 Å². The van der Waals surface area contributed by atoms with E-state index in [4.69, 9.17) is 11.5 Å². The summed E-state index contributed by atoms with van der Waals surface area (Å²) >= 11 is 0. The number of pyridine rings is 2. The summed E-state index contributed by atoms with van der Waals surface area (Å²) in [4.78, 5) is 32.8. The van der Waals surface area contributed by atoms with Crippen LogP contribution in [-0.4, -0.2) is 72.4 Å². The smallest absolute Gasteiger partial charge is 0.344 e. The van der Waals surface area contributed by atoms with Crippen LogP contribution in [0.25, 0.3) is 21.8 Å². The molecular weight excluding hydrogens is 790 g/mol. The van der Waals surface area contributed by atoms with Crippen LogP contribution >= 0.6 is 0 Å². The van der Waals surface area contributed by atoms with Crippen molar-refractivity contribution < 1.29 is 53.5 Å². The number of rotatable bonds is 8. The lowest BCUT2D eigenvalue weighted by Gasteiger charge is -2.43. The highest BCUT2D eigenvalue weighted by molar-refractivity contribution is 5.90. The molecule has 6 rings (SSSR count). The molecule has 2 aromatic heterocycles. The second-order valence-electron chi connectivity index (χ2n) is 14.9. The van der Waals surface area contributed by atoms with Gasteiger partial charge in [-0.15, -0.1) is 0 Å². The first-order valence-corrected chi connectivity index (χ1v) is 18.1. The lowest BCUT2D eigenvalue weighted by atomic mass is 9.77. The van der Waals surface area contributed by atoms with E-state index in [0.29, 0.717) is 47.8 Å². The molecule has 316 valence electrons. The number of nitrogens with one attached hydrogen (secondary N) is 4. The monoisotopic (exact) mass is 832 g/mol. The molecule has 2 aromatic carbocycles. The molecule has 2 aliphatic rings. The van der Waals surface area contributed by atoms with Gasteiger partial charge in [0.1, 0.15) is 0 Å². The van der Waals surface area contributed by atoms with Crippen molar-refractivity contribution in [3.63, 3.8) is 0 Å². The molecule has 4 heterocycles. The van der Waals surface area contributed by atoms with Crippen LogP contribution < -0.4 is 32.7 Å². The van der Waals surface area contributed by atoms with Gasteiger partial charge in [-0.2, -0.15) is 26.3 Å². The highest BCUT2D eigenvalue weighted by Gasteiger charge is 2.48. The third-order valence-electron chi connectivity index (χ3n) is 10.3. The molecule has 6 atom stereocenters. The second kappa shape index (κ2) is 17.3. The summed E-state index contributed by atoms with van der Waals surface area (Å²) in [5.74, 6) is -2.73. The molecule has 0 spiro atoms. The summed E-state index contributed by atoms with van der Waals surface area (Å²) in [6.45, 7) is 5.23. The second-order valence-corrected chi connectivity index (χ2v) is 14.9. The van der Waals surface area contributed by atoms with E-state index in [1.54, 1.807) is 24.3 Å². The summed E-state index contributed by atoms with van der Waals surface area (Å²) in [6, 6.07) is 6.10. The number of carbonyl (C=O) groups is 2. The Morgan fingerprint density at radius 1 is 0.672 bits per heavy atom. The predicted molar refractivity (Wildman–Crippen MR) is 194 cm³/mol. The Morgan fingerprint density at radius 3 is 1.34 bits per heavy atom. The SMILES string of the molecule is C[C@@H]1CNC[C@](NC(=O)C(N)C(F)(F)F)(c2ccc(C(F)F)c3ncccc23)C1.C[C@@H]1CNC[C@](NC(=O)[C@H](N)C(F)(F)F)(c2ccc(C(F)F)c3ncccc23)C1. The number of carbonyl (C=O) groups excluding carboxylic acids is 2. The highest BCUT2D eigenvalue weighted by atomic mass is 19.4. The molecule has 0 aliphatic carbocycles. The van der Waals surface area contributed by atoms with Gasteiger partial charge < -0.3 is 32.7 Å². The van der Waals surface area contributed by atoms with E-state index in [0.717, 1.165) is 0 Å². The first-order valence-electron chi connectivity index (χ1n) is 18.1. The van der Waals surface area contributed by atoms with Crippen molar-refractivity contribution in [3.05, 3.63) is 83.2 Å². The van der Waals surface area contributed by atoms with Crippen molar-refractivity contribution >= 4 is 33.6 Å². The van der Waals surface area contributed by atoms with Gasteiger partial charge in [-0.1, -0.05) is 50.2 Å². The molecule has 20 heteroatoms. The largest absolute Gasteiger partial charge is 0.412 e. The number of piperidine rings is 2. The van der Waals surface area contributed by atoms with Crippen molar-refractivity contribution in [3.8, 4) is 0 Å². The van der Waals surface area contributed by atoms with Gasteiger partial charge in [0.25, 0.3) is 12.9 Å². The number of alkyl halides is 10. The average Bonchev–Trinajstić information content (AvgIpc) is 3.15. The Labute approximate surface area is 325 Å². The maximum absolute atomic E-state index is 13.4. The van der Waals surface area contributed by atoms with Crippen LogP contribution in [0.2, 0.25) is 0 Å². The number of fused-ring (bicyclic) bond motifs is 2. The van der Waals surface area contributed by atoms with Crippen molar-refractivity contribution in [2.45, 2.75) is 75.1 Å². The Bertz CT molecular complexity index is 1950. The van der Waals surface area contributed by atoms with Crippen LogP contribution in [0.3, 0.4) is 0 Å². The number of hydrogen-bond acceptors (Lipinski definition) is 8. The normalized spacial score (nSPS) is 23.9. The van der Waals surface area contributed by atoms with E-state index >= 15 is 0 Å². The molecule has 8 N–H and O–H groups in total. The molecule has 0 bridgehead atoms. The van der Waals surface area contributed by atoms with Crippen LogP contribution in [0.5, 0.6) is 0 Å². The van der Waals surface area contributed by atoms with Crippen LogP contribution in [0.15, 0.2) is 60.9 Å². The van der Waals surface area contributed by atoms with Gasteiger partial charge in [0.2, 0.25) is 11.8 Å². The third kappa shape index (κ3) is 9.45. The number of halogens is 10. The lowest BCUT2D eigenvalue weighted by molar-refractivity contribution is -0.166. The topological polar surface area (TPSA) is 160 Å². The summed E-state index contributed by atoms with van der Waals surface area (Å²) in [5.41, 5.74) is 8.06. The molecule has 1 unspecified atom stereocenters. The van der Waals surface area contributed by atoms with Crippen LogP contribution in [0.4, 0.5) is 43.9 Å². The highest BCUT2D eigenvalue weighted by Crippen LogP contribution is 2.40. The molecule has 2 aliphatic heterocycles. The Morgan fingerprint density at radius 2 is 1.03 bits per heavy atom. The molecular formula is C38H42F10N8O2. The standard InChI is InChI=1S/2C19H21F5N4O/c2*1-10-7-18(9-26-8-10,28-17(29)15(25)19(22,23)24)13-5-4-12(16(20)21)14-11(13)3-2-6-27-14/h2*2-6,10,15-16,26H,7-9,25H2,1H3,(H,28,29)/t10-,15?,18-;10-,15-,18-/m00/s1. The fourth-order valence-electron chi connectivity index (χ4n) is 7.78. The van der Waals surface area contributed by atoms with Crippen LogP contribution in [0.1, 0.15) is 61.8 Å². The van der Waals surface area contributed by atoms with E-state index in [-0.39, 0.29) is 47.1 Å². The summed E-state index contributed by atoms with van der Waals surface area (Å²) < 4.78 is 131. The first kappa shape index (κ1) is 44.4. The van der Waals surface area contributed by atoms with Gasteiger partial charge in [-0.05, 0) is 61.0 Å². The van der Waals surface area contributed by atoms with Crippen molar-refractivity contribution in [2.75, 3.05) is 26.2 Å². The molecule has 4 aromatic rings. The van der Waals surface area contributed by atoms with Gasteiger partial charge >= 0.3 is 12.4 Å². The van der Waals surface area contributed by atoms with E-state index in [1.165, 1.54) is 36.7 Å². The number of nitrogens with two attached hydrogens (primary N) is 2. The molecule has 0 radical (unpaired) electrons. The van der Waals surface area contributed by atoms with E-state index < -0.39 is 60.2 Å². The third-order valence-corrected chi connectivity index (χ3v) is 10.3. The van der Waals surface area contributed by atoms with Crippen molar-refractivity contribution in [2.24, 2.45) is 23.3 Å². The lowest BCUT2D eigenvalue weighted by Crippen LogP contribution is -2.62. The van der Waals surface area contributed by atoms with Crippen molar-refractivity contribution in [1.29, 1.82) is 0 Å². The maximum Gasteiger partial charge on any atom is 0.412 e. The molecule has 58 heavy (non-hydrogen) atoms. The summed E-state index contributed by atoms with van der Waals surface area (Å²) in [5, 5.41) is 11.8. The Kier molecular flexibility index (Phi) is 13.2.